The van der Waals surface area contributed by atoms with Crippen molar-refractivity contribution in [1.29, 1.82) is 5.26 Å². The highest BCUT2D eigenvalue weighted by Crippen LogP contribution is 2.41. The van der Waals surface area contributed by atoms with Gasteiger partial charge in [-0.15, -0.1) is 0 Å². The first-order chi connectivity index (χ1) is 7.40. The van der Waals surface area contributed by atoms with Gasteiger partial charge in [-0.2, -0.15) is 5.26 Å². The number of nitriles is 1. The second-order valence-electron chi connectivity index (χ2n) is 4.38. The minimum atomic E-state index is -0.0654. The molecule has 2 unspecified atom stereocenters. The fourth-order valence-electron chi connectivity index (χ4n) is 2.84. The molecule has 1 fully saturated rings. The molecular formula is C13H13NO. The van der Waals surface area contributed by atoms with Crippen molar-refractivity contribution in [2.45, 2.75) is 25.4 Å². The van der Waals surface area contributed by atoms with Gasteiger partial charge in [-0.1, -0.05) is 17.7 Å². The van der Waals surface area contributed by atoms with Crippen molar-refractivity contribution < 1.29 is 4.74 Å². The molecule has 1 saturated carbocycles. The molecule has 1 heterocycles. The maximum atomic E-state index is 9.02. The van der Waals surface area contributed by atoms with E-state index in [1.54, 1.807) is 5.57 Å². The number of hydrogen-bond acceptors (Lipinski definition) is 2. The molecule has 15 heavy (non-hydrogen) atoms. The Balaban J connectivity index is 2.06. The van der Waals surface area contributed by atoms with Gasteiger partial charge in [-0.3, -0.25) is 0 Å². The topological polar surface area (TPSA) is 33.0 Å². The molecule has 0 aromatic carbocycles. The molecule has 3 aliphatic rings. The summed E-state index contributed by atoms with van der Waals surface area (Å²) < 4.78 is 5.80. The molecule has 0 bridgehead atoms. The van der Waals surface area contributed by atoms with Crippen LogP contribution in [0, 0.1) is 17.2 Å². The fraction of sp³-hybridized carbons (Fsp3) is 0.462. The molecule has 0 spiro atoms. The lowest BCUT2D eigenvalue weighted by Crippen LogP contribution is -2.29. The quantitative estimate of drug-likeness (QED) is 0.600. The third-order valence-corrected chi connectivity index (χ3v) is 3.57. The van der Waals surface area contributed by atoms with Gasteiger partial charge in [-0.25, -0.2) is 0 Å². The van der Waals surface area contributed by atoms with Gasteiger partial charge in [0.1, 0.15) is 6.10 Å². The number of nitrogens with zero attached hydrogens (tertiary/aromatic N) is 1. The molecule has 0 amide bonds. The summed E-state index contributed by atoms with van der Waals surface area (Å²) >= 11 is 0. The van der Waals surface area contributed by atoms with Gasteiger partial charge in [0.05, 0.1) is 18.2 Å². The van der Waals surface area contributed by atoms with E-state index in [2.05, 4.69) is 12.1 Å². The lowest BCUT2D eigenvalue weighted by molar-refractivity contribution is 0.0694. The van der Waals surface area contributed by atoms with Crippen LogP contribution in [0.4, 0.5) is 0 Å². The molecule has 2 nitrogen and oxygen atoms in total. The Morgan fingerprint density at radius 1 is 1.47 bits per heavy atom. The summed E-state index contributed by atoms with van der Waals surface area (Å²) in [7, 11) is 0. The van der Waals surface area contributed by atoms with E-state index >= 15 is 0 Å². The first-order valence-corrected chi connectivity index (χ1v) is 5.53. The Kier molecular flexibility index (Phi) is 2.00. The molecule has 2 aliphatic carbocycles. The van der Waals surface area contributed by atoms with Gasteiger partial charge in [0.15, 0.2) is 0 Å². The predicted molar refractivity (Wildman–Crippen MR) is 56.9 cm³/mol. The van der Waals surface area contributed by atoms with Crippen molar-refractivity contribution in [2.24, 2.45) is 5.92 Å². The zero-order valence-electron chi connectivity index (χ0n) is 8.57. The molecule has 0 saturated heterocycles. The Bertz CT molecular complexity index is 422. The van der Waals surface area contributed by atoms with Crippen LogP contribution in [0.2, 0.25) is 0 Å². The lowest BCUT2D eigenvalue weighted by Gasteiger charge is -2.31. The van der Waals surface area contributed by atoms with E-state index in [0.717, 1.165) is 12.2 Å². The zero-order valence-corrected chi connectivity index (χ0v) is 8.57. The Morgan fingerprint density at radius 2 is 2.40 bits per heavy atom. The second-order valence-corrected chi connectivity index (χ2v) is 4.38. The van der Waals surface area contributed by atoms with Crippen LogP contribution < -0.4 is 0 Å². The van der Waals surface area contributed by atoms with Crippen molar-refractivity contribution in [1.82, 2.24) is 0 Å². The molecule has 2 atom stereocenters. The van der Waals surface area contributed by atoms with Crippen LogP contribution in [0.1, 0.15) is 19.3 Å². The van der Waals surface area contributed by atoms with E-state index in [1.807, 2.05) is 12.2 Å². The molecule has 2 heteroatoms. The van der Waals surface area contributed by atoms with Crippen molar-refractivity contribution in [3.05, 3.63) is 34.9 Å². The molecular weight excluding hydrogens is 186 g/mol. The van der Waals surface area contributed by atoms with E-state index in [1.165, 1.54) is 24.8 Å². The van der Waals surface area contributed by atoms with Crippen LogP contribution in [0.25, 0.3) is 0 Å². The monoisotopic (exact) mass is 199 g/mol. The number of hydrogen-bond donors (Lipinski definition) is 0. The minimum absolute atomic E-state index is 0.0654. The maximum absolute atomic E-state index is 9.02. The Labute approximate surface area is 89.5 Å². The molecule has 0 N–H and O–H groups in total. The summed E-state index contributed by atoms with van der Waals surface area (Å²) in [5, 5.41) is 9.02. The summed E-state index contributed by atoms with van der Waals surface area (Å²) in [4.78, 5) is 0. The lowest BCUT2D eigenvalue weighted by atomic mass is 9.86. The van der Waals surface area contributed by atoms with Gasteiger partial charge in [-0.05, 0) is 30.9 Å². The Hall–Kier alpha value is -1.33. The van der Waals surface area contributed by atoms with Crippen LogP contribution in [-0.2, 0) is 4.74 Å². The van der Waals surface area contributed by atoms with Gasteiger partial charge < -0.3 is 4.74 Å². The number of allylic oxidation sites excluding steroid dienone is 2. The van der Waals surface area contributed by atoms with Gasteiger partial charge in [0.25, 0.3) is 0 Å². The average Bonchev–Trinajstić information content (AvgIpc) is 2.76. The molecule has 3 rings (SSSR count). The maximum Gasteiger partial charge on any atom is 0.117 e. The standard InChI is InChI=1S/C13H13NO/c14-7-9-3-1-6-12-11-5-2-4-10(11)8-15-13(9)12/h1,3,6,10,13H,2,4-5,8H2. The molecule has 0 aromatic rings. The van der Waals surface area contributed by atoms with Crippen molar-refractivity contribution in [2.75, 3.05) is 6.61 Å². The first-order valence-electron chi connectivity index (χ1n) is 5.53. The van der Waals surface area contributed by atoms with Crippen LogP contribution in [0.3, 0.4) is 0 Å². The van der Waals surface area contributed by atoms with Crippen molar-refractivity contribution >= 4 is 0 Å². The molecule has 0 radical (unpaired) electrons. The third-order valence-electron chi connectivity index (χ3n) is 3.57. The van der Waals surface area contributed by atoms with Gasteiger partial charge >= 0.3 is 0 Å². The van der Waals surface area contributed by atoms with E-state index in [0.29, 0.717) is 5.92 Å². The highest BCUT2D eigenvalue weighted by Gasteiger charge is 2.34. The van der Waals surface area contributed by atoms with Crippen molar-refractivity contribution in [3.8, 4) is 6.07 Å². The number of ether oxygens (including phenoxy) is 1. The highest BCUT2D eigenvalue weighted by molar-refractivity contribution is 5.49. The van der Waals surface area contributed by atoms with Crippen molar-refractivity contribution in [3.63, 3.8) is 0 Å². The third kappa shape index (κ3) is 1.27. The van der Waals surface area contributed by atoms with E-state index in [9.17, 15) is 0 Å². The summed E-state index contributed by atoms with van der Waals surface area (Å²) in [6.45, 7) is 0.802. The van der Waals surface area contributed by atoms with E-state index in [4.69, 9.17) is 10.00 Å². The second kappa shape index (κ2) is 3.36. The zero-order chi connectivity index (χ0) is 10.3. The molecule has 76 valence electrons. The minimum Gasteiger partial charge on any atom is -0.367 e. The predicted octanol–water partition coefficient (Wildman–Crippen LogP) is 2.50. The van der Waals surface area contributed by atoms with E-state index < -0.39 is 0 Å². The largest absolute Gasteiger partial charge is 0.367 e. The number of rotatable bonds is 0. The number of fused-ring (bicyclic) bond motifs is 2. The fourth-order valence-corrected chi connectivity index (χ4v) is 2.84. The summed E-state index contributed by atoms with van der Waals surface area (Å²) in [6.07, 6.45) is 9.63. The normalized spacial score (nSPS) is 33.1. The van der Waals surface area contributed by atoms with Crippen LogP contribution in [-0.4, -0.2) is 12.7 Å². The van der Waals surface area contributed by atoms with Gasteiger partial charge in [0, 0.05) is 5.92 Å². The molecule has 0 aromatic heterocycles. The van der Waals surface area contributed by atoms with E-state index in [-0.39, 0.29) is 6.10 Å². The van der Waals surface area contributed by atoms with Gasteiger partial charge in [0.2, 0.25) is 0 Å². The SMILES string of the molecule is N#CC1=CC=CC2=C3CCCC3COC12. The van der Waals surface area contributed by atoms with Crippen LogP contribution >= 0.6 is 0 Å². The highest BCUT2D eigenvalue weighted by atomic mass is 16.5. The summed E-state index contributed by atoms with van der Waals surface area (Å²) in [5.74, 6) is 0.624. The summed E-state index contributed by atoms with van der Waals surface area (Å²) in [5.41, 5.74) is 3.57. The first kappa shape index (κ1) is 8.94. The summed E-state index contributed by atoms with van der Waals surface area (Å²) in [6, 6.07) is 2.23. The smallest absolute Gasteiger partial charge is 0.117 e. The van der Waals surface area contributed by atoms with Crippen LogP contribution in [0.15, 0.2) is 34.9 Å². The Morgan fingerprint density at radius 3 is 3.27 bits per heavy atom. The molecule has 1 aliphatic heterocycles. The average molecular weight is 199 g/mol. The van der Waals surface area contributed by atoms with Crippen LogP contribution in [0.5, 0.6) is 0 Å².